The van der Waals surface area contributed by atoms with Crippen LogP contribution in [-0.4, -0.2) is 127 Å². The van der Waals surface area contributed by atoms with E-state index in [2.05, 4.69) is 31.9 Å². The number of nitrogens with one attached hydrogen (secondary N) is 6. The molecular formula is C32H55N7O10. The molecule has 1 aliphatic rings. The summed E-state index contributed by atoms with van der Waals surface area (Å²) in [7, 11) is 1.39. The summed E-state index contributed by atoms with van der Waals surface area (Å²) in [6.07, 6.45) is 0.117. The molecule has 49 heavy (non-hydrogen) atoms. The highest BCUT2D eigenvalue weighted by Crippen LogP contribution is 2.24. The van der Waals surface area contributed by atoms with E-state index >= 15 is 0 Å². The average molecular weight is 698 g/mol. The van der Waals surface area contributed by atoms with E-state index in [1.807, 2.05) is 27.7 Å². The molecule has 3 unspecified atom stereocenters. The van der Waals surface area contributed by atoms with Gasteiger partial charge in [-0.25, -0.2) is 0 Å². The number of carbonyl (C=O) groups is 8. The number of carbonyl (C=O) groups excluding carboxylic acids is 8. The molecule has 0 aromatic heterocycles. The standard InChI is InChI=1S/C32H55N7O10/c1-19(2)22(41)14-32(6,7)49-13-11-31(4,5)30(48)37-18-26(45)39-12-9-10-21(39)28(46)35-17-25(44)38-27(20(3)40)29(47)36-16-24(43)34-15-23(42)33-8/h19-21,27,40H,9-18H2,1-8H3,(H,33,42)(H,34,43)(H,35,46)(H,36,47)(H,37,48)(H,38,44). The van der Waals surface area contributed by atoms with E-state index in [0.29, 0.717) is 19.3 Å². The van der Waals surface area contributed by atoms with E-state index in [-0.39, 0.29) is 50.3 Å². The van der Waals surface area contributed by atoms with Crippen LogP contribution in [0, 0.1) is 11.3 Å². The topological polar surface area (TPSA) is 241 Å². The Kier molecular flexibility index (Phi) is 17.3. The van der Waals surface area contributed by atoms with Gasteiger partial charge in [0.05, 0.1) is 37.9 Å². The normalized spacial score (nSPS) is 15.9. The van der Waals surface area contributed by atoms with Crippen LogP contribution in [0.15, 0.2) is 0 Å². The van der Waals surface area contributed by atoms with Crippen molar-refractivity contribution in [2.45, 2.75) is 97.9 Å². The van der Waals surface area contributed by atoms with Gasteiger partial charge in [0, 0.05) is 38.0 Å². The number of nitrogens with zero attached hydrogens (tertiary/aromatic N) is 1. The number of Topliss-reactive ketones (excluding diaryl/α,β-unsaturated/α-hetero) is 1. The molecule has 3 atom stereocenters. The quantitative estimate of drug-likeness (QED) is 0.0730. The summed E-state index contributed by atoms with van der Waals surface area (Å²) in [6.45, 7) is 10.8. The first-order chi connectivity index (χ1) is 22.7. The lowest BCUT2D eigenvalue weighted by Gasteiger charge is -2.29. The first-order valence-electron chi connectivity index (χ1n) is 16.4. The molecule has 1 rings (SSSR count). The highest BCUT2D eigenvalue weighted by atomic mass is 16.5. The van der Waals surface area contributed by atoms with Crippen LogP contribution in [0.3, 0.4) is 0 Å². The second-order valence-corrected chi connectivity index (χ2v) is 13.6. The van der Waals surface area contributed by atoms with Gasteiger partial charge in [-0.1, -0.05) is 27.7 Å². The smallest absolute Gasteiger partial charge is 0.245 e. The van der Waals surface area contributed by atoms with E-state index in [1.165, 1.54) is 18.9 Å². The van der Waals surface area contributed by atoms with Crippen LogP contribution in [0.1, 0.15) is 74.1 Å². The number of ether oxygens (including phenoxy) is 1. The molecule has 0 radical (unpaired) electrons. The number of hydrogen-bond acceptors (Lipinski definition) is 10. The van der Waals surface area contributed by atoms with E-state index in [1.54, 1.807) is 13.8 Å². The largest absolute Gasteiger partial charge is 0.391 e. The minimum absolute atomic E-state index is 0.0870. The van der Waals surface area contributed by atoms with Gasteiger partial charge in [-0.2, -0.15) is 0 Å². The maximum atomic E-state index is 13.0. The van der Waals surface area contributed by atoms with Crippen molar-refractivity contribution < 1.29 is 48.2 Å². The van der Waals surface area contributed by atoms with Crippen LogP contribution >= 0.6 is 0 Å². The third-order valence-corrected chi connectivity index (χ3v) is 8.01. The van der Waals surface area contributed by atoms with Gasteiger partial charge < -0.3 is 46.6 Å². The van der Waals surface area contributed by atoms with Crippen molar-refractivity contribution in [2.75, 3.05) is 46.4 Å². The van der Waals surface area contributed by atoms with Crippen molar-refractivity contribution in [1.82, 2.24) is 36.8 Å². The second-order valence-electron chi connectivity index (χ2n) is 13.6. The van der Waals surface area contributed by atoms with Gasteiger partial charge in [0.1, 0.15) is 17.9 Å². The zero-order valence-electron chi connectivity index (χ0n) is 29.9. The summed E-state index contributed by atoms with van der Waals surface area (Å²) in [5, 5.41) is 24.2. The van der Waals surface area contributed by atoms with Crippen molar-refractivity contribution in [1.29, 1.82) is 0 Å². The van der Waals surface area contributed by atoms with Crippen molar-refractivity contribution >= 4 is 47.1 Å². The summed E-state index contributed by atoms with van der Waals surface area (Å²) in [5.41, 5.74) is -1.56. The maximum absolute atomic E-state index is 13.0. The number of rotatable bonds is 20. The molecule has 0 aromatic carbocycles. The summed E-state index contributed by atoms with van der Waals surface area (Å²) in [5.74, 6) is -4.24. The Labute approximate surface area is 287 Å². The number of ketones is 1. The molecule has 1 saturated heterocycles. The number of likely N-dealkylation sites (N-methyl/N-ethyl adjacent to an activating group) is 1. The molecule has 0 saturated carbocycles. The van der Waals surface area contributed by atoms with Crippen LogP contribution in [-0.2, 0) is 43.1 Å². The molecule has 7 amide bonds. The molecule has 0 spiro atoms. The minimum Gasteiger partial charge on any atom is -0.391 e. The molecule has 0 aliphatic carbocycles. The van der Waals surface area contributed by atoms with Crippen LogP contribution in [0.4, 0.5) is 0 Å². The Hall–Kier alpha value is -4.12. The molecular weight excluding hydrogens is 642 g/mol. The van der Waals surface area contributed by atoms with Crippen molar-refractivity contribution in [3.63, 3.8) is 0 Å². The zero-order valence-corrected chi connectivity index (χ0v) is 29.9. The minimum atomic E-state index is -1.44. The number of aliphatic hydroxyl groups is 1. The van der Waals surface area contributed by atoms with Crippen LogP contribution in [0.25, 0.3) is 0 Å². The Bertz CT molecular complexity index is 1220. The highest BCUT2D eigenvalue weighted by molar-refractivity contribution is 5.95. The lowest BCUT2D eigenvalue weighted by atomic mass is 9.88. The lowest BCUT2D eigenvalue weighted by Crippen LogP contribution is -2.56. The number of aliphatic hydroxyl groups excluding tert-OH is 1. The predicted molar refractivity (Wildman–Crippen MR) is 177 cm³/mol. The molecule has 0 aromatic rings. The third kappa shape index (κ3) is 15.3. The van der Waals surface area contributed by atoms with E-state index < -0.39 is 77.7 Å². The van der Waals surface area contributed by atoms with Gasteiger partial charge in [-0.15, -0.1) is 0 Å². The highest BCUT2D eigenvalue weighted by Gasteiger charge is 2.36. The van der Waals surface area contributed by atoms with Crippen molar-refractivity contribution in [2.24, 2.45) is 11.3 Å². The Morgan fingerprint density at radius 3 is 2.04 bits per heavy atom. The van der Waals surface area contributed by atoms with Gasteiger partial charge in [-0.3, -0.25) is 38.4 Å². The summed E-state index contributed by atoms with van der Waals surface area (Å²) in [4.78, 5) is 100. The Morgan fingerprint density at radius 2 is 1.45 bits per heavy atom. The van der Waals surface area contributed by atoms with E-state index in [4.69, 9.17) is 4.74 Å². The molecule has 278 valence electrons. The molecule has 17 nitrogen and oxygen atoms in total. The Morgan fingerprint density at radius 1 is 0.837 bits per heavy atom. The summed E-state index contributed by atoms with van der Waals surface area (Å²) in [6, 6.07) is -2.32. The van der Waals surface area contributed by atoms with E-state index in [0.717, 1.165) is 0 Å². The Balaban J connectivity index is 2.58. The molecule has 1 heterocycles. The summed E-state index contributed by atoms with van der Waals surface area (Å²) >= 11 is 0. The second kappa shape index (κ2) is 19.8. The average Bonchev–Trinajstić information content (AvgIpc) is 3.52. The fraction of sp³-hybridized carbons (Fsp3) is 0.750. The molecule has 17 heteroatoms. The molecule has 7 N–H and O–H groups in total. The zero-order chi connectivity index (χ0) is 37.5. The fourth-order valence-electron chi connectivity index (χ4n) is 4.73. The number of likely N-dealkylation sites (tertiary alicyclic amines) is 1. The molecule has 1 fully saturated rings. The first-order valence-corrected chi connectivity index (χ1v) is 16.4. The van der Waals surface area contributed by atoms with Gasteiger partial charge in [0.15, 0.2) is 0 Å². The van der Waals surface area contributed by atoms with Crippen LogP contribution in [0.5, 0.6) is 0 Å². The maximum Gasteiger partial charge on any atom is 0.245 e. The van der Waals surface area contributed by atoms with Gasteiger partial charge in [0.2, 0.25) is 41.4 Å². The van der Waals surface area contributed by atoms with Gasteiger partial charge in [-0.05, 0) is 40.0 Å². The monoisotopic (exact) mass is 697 g/mol. The predicted octanol–water partition coefficient (Wildman–Crippen LogP) is -2.12. The third-order valence-electron chi connectivity index (χ3n) is 8.01. The lowest BCUT2D eigenvalue weighted by molar-refractivity contribution is -0.140. The van der Waals surface area contributed by atoms with E-state index in [9.17, 15) is 43.5 Å². The van der Waals surface area contributed by atoms with Crippen LogP contribution < -0.4 is 31.9 Å². The summed E-state index contributed by atoms with van der Waals surface area (Å²) < 4.78 is 5.90. The molecule has 1 aliphatic heterocycles. The first kappa shape index (κ1) is 42.9. The SMILES string of the molecule is CNC(=O)CNC(=O)CNC(=O)C(NC(=O)CNC(=O)C1CCCN1C(=O)CNC(=O)C(C)(C)CCOC(C)(C)CC(=O)C(C)C)C(C)O. The van der Waals surface area contributed by atoms with Gasteiger partial charge >= 0.3 is 0 Å². The van der Waals surface area contributed by atoms with Crippen molar-refractivity contribution in [3.05, 3.63) is 0 Å². The number of amides is 7. The molecule has 0 bridgehead atoms. The van der Waals surface area contributed by atoms with Crippen molar-refractivity contribution in [3.8, 4) is 0 Å². The number of hydrogen-bond donors (Lipinski definition) is 7. The van der Waals surface area contributed by atoms with Crippen LogP contribution in [0.2, 0.25) is 0 Å². The van der Waals surface area contributed by atoms with Gasteiger partial charge in [0.25, 0.3) is 0 Å². The fourth-order valence-corrected chi connectivity index (χ4v) is 4.73.